The average molecular weight is 389 g/mol. The molecule has 142 valence electrons. The van der Waals surface area contributed by atoms with Crippen molar-refractivity contribution < 1.29 is 14.0 Å². The summed E-state index contributed by atoms with van der Waals surface area (Å²) >= 11 is 5.73. The van der Waals surface area contributed by atoms with E-state index in [9.17, 15) is 14.0 Å². The first kappa shape index (κ1) is 19.4. The minimum absolute atomic E-state index is 0.0772. The number of carbonyl (C=O) groups is 2. The molecule has 2 N–H and O–H groups in total. The van der Waals surface area contributed by atoms with E-state index in [0.717, 1.165) is 37.3 Å². The lowest BCUT2D eigenvalue weighted by Crippen LogP contribution is -2.49. The Bertz CT molecular complexity index is 848. The lowest BCUT2D eigenvalue weighted by Gasteiger charge is -2.40. The van der Waals surface area contributed by atoms with Gasteiger partial charge in [0.25, 0.3) is 5.91 Å². The van der Waals surface area contributed by atoms with Gasteiger partial charge in [-0.25, -0.2) is 4.39 Å². The Morgan fingerprint density at radius 1 is 1.15 bits per heavy atom. The maximum atomic E-state index is 13.2. The van der Waals surface area contributed by atoms with Crippen molar-refractivity contribution in [3.8, 4) is 0 Å². The van der Waals surface area contributed by atoms with E-state index in [0.29, 0.717) is 12.2 Å². The molecule has 0 aliphatic heterocycles. The van der Waals surface area contributed by atoms with Gasteiger partial charge in [-0.15, -0.1) is 0 Å². The monoisotopic (exact) mass is 388 g/mol. The first-order valence-electron chi connectivity index (χ1n) is 9.11. The maximum Gasteiger partial charge on any atom is 0.255 e. The summed E-state index contributed by atoms with van der Waals surface area (Å²) in [5.74, 6) is -0.859. The Labute approximate surface area is 163 Å². The zero-order chi connectivity index (χ0) is 19.4. The van der Waals surface area contributed by atoms with Gasteiger partial charge in [-0.2, -0.15) is 0 Å². The van der Waals surface area contributed by atoms with Crippen LogP contribution < -0.4 is 10.6 Å². The zero-order valence-electron chi connectivity index (χ0n) is 15.1. The van der Waals surface area contributed by atoms with Crippen LogP contribution in [0.2, 0.25) is 5.02 Å². The molecule has 3 rings (SSSR count). The first-order valence-corrected chi connectivity index (χ1v) is 9.49. The zero-order valence-corrected chi connectivity index (χ0v) is 15.9. The quantitative estimate of drug-likeness (QED) is 0.754. The number of hydrogen-bond acceptors (Lipinski definition) is 2. The van der Waals surface area contributed by atoms with Crippen molar-refractivity contribution in [1.29, 1.82) is 0 Å². The van der Waals surface area contributed by atoms with E-state index >= 15 is 0 Å². The molecule has 0 unspecified atom stereocenters. The summed E-state index contributed by atoms with van der Waals surface area (Å²) in [4.78, 5) is 24.9. The van der Waals surface area contributed by atoms with E-state index in [1.54, 1.807) is 12.1 Å². The van der Waals surface area contributed by atoms with Crippen molar-refractivity contribution in [2.24, 2.45) is 0 Å². The van der Waals surface area contributed by atoms with Crippen LogP contribution >= 0.6 is 11.6 Å². The highest BCUT2D eigenvalue weighted by atomic mass is 35.5. The first-order chi connectivity index (χ1) is 13.0. The highest BCUT2D eigenvalue weighted by Gasteiger charge is 2.45. The van der Waals surface area contributed by atoms with E-state index in [-0.39, 0.29) is 22.4 Å². The highest BCUT2D eigenvalue weighted by molar-refractivity contribution is 6.31. The molecule has 0 bridgehead atoms. The number of halogens is 2. The summed E-state index contributed by atoms with van der Waals surface area (Å²) in [7, 11) is 0. The van der Waals surface area contributed by atoms with Gasteiger partial charge in [0, 0.05) is 17.8 Å². The lowest BCUT2D eigenvalue weighted by atomic mass is 9.64. The van der Waals surface area contributed by atoms with Crippen molar-refractivity contribution in [3.05, 3.63) is 64.4 Å². The molecule has 0 atom stereocenters. The standard InChI is InChI=1S/C21H22ClFN2O2/c1-2-12-24-20(27)21(10-3-11-21)15-5-7-16(8-6-15)25-19(26)14-4-9-18(23)17(22)13-14/h4-9,13H,2-3,10-12H2,1H3,(H,24,27)(H,25,26). The van der Waals surface area contributed by atoms with E-state index in [1.807, 2.05) is 19.1 Å². The minimum atomic E-state index is -0.565. The summed E-state index contributed by atoms with van der Waals surface area (Å²) in [6, 6.07) is 11.2. The normalized spacial score (nSPS) is 14.9. The predicted molar refractivity (Wildman–Crippen MR) is 105 cm³/mol. The van der Waals surface area contributed by atoms with E-state index < -0.39 is 11.2 Å². The van der Waals surface area contributed by atoms with Gasteiger partial charge in [-0.1, -0.05) is 37.1 Å². The number of benzene rings is 2. The molecule has 0 saturated heterocycles. The topological polar surface area (TPSA) is 58.2 Å². The molecule has 2 aromatic carbocycles. The van der Waals surface area contributed by atoms with Gasteiger partial charge in [0.1, 0.15) is 5.82 Å². The predicted octanol–water partition coefficient (Wildman–Crippen LogP) is 4.68. The van der Waals surface area contributed by atoms with Crippen LogP contribution in [0.25, 0.3) is 0 Å². The fourth-order valence-electron chi connectivity index (χ4n) is 3.30. The number of rotatable bonds is 6. The van der Waals surface area contributed by atoms with E-state index in [2.05, 4.69) is 10.6 Å². The van der Waals surface area contributed by atoms with Crippen LogP contribution in [-0.4, -0.2) is 18.4 Å². The Kier molecular flexibility index (Phi) is 5.80. The fraction of sp³-hybridized carbons (Fsp3) is 0.333. The summed E-state index contributed by atoms with van der Waals surface area (Å²) in [5, 5.41) is 5.67. The molecule has 0 aromatic heterocycles. The number of hydrogen-bond donors (Lipinski definition) is 2. The molecule has 2 aromatic rings. The molecule has 1 fully saturated rings. The molecule has 2 amide bonds. The molecule has 0 heterocycles. The van der Waals surface area contributed by atoms with Gasteiger partial charge >= 0.3 is 0 Å². The third kappa shape index (κ3) is 3.98. The Morgan fingerprint density at radius 3 is 2.41 bits per heavy atom. The molecular weight excluding hydrogens is 367 g/mol. The molecule has 27 heavy (non-hydrogen) atoms. The third-order valence-electron chi connectivity index (χ3n) is 5.05. The smallest absolute Gasteiger partial charge is 0.255 e. The molecule has 1 saturated carbocycles. The van der Waals surface area contributed by atoms with Crippen molar-refractivity contribution in [1.82, 2.24) is 5.32 Å². The minimum Gasteiger partial charge on any atom is -0.355 e. The van der Waals surface area contributed by atoms with E-state index in [4.69, 9.17) is 11.6 Å². The second-order valence-corrected chi connectivity index (χ2v) is 7.26. The molecule has 4 nitrogen and oxygen atoms in total. The molecule has 6 heteroatoms. The van der Waals surface area contributed by atoms with Crippen LogP contribution in [0, 0.1) is 5.82 Å². The van der Waals surface area contributed by atoms with Crippen molar-refractivity contribution in [2.45, 2.75) is 38.0 Å². The van der Waals surface area contributed by atoms with Crippen LogP contribution in [0.5, 0.6) is 0 Å². The summed E-state index contributed by atoms with van der Waals surface area (Å²) in [5.41, 5.74) is 1.39. The van der Waals surface area contributed by atoms with Crippen LogP contribution in [0.1, 0.15) is 48.5 Å². The number of nitrogens with one attached hydrogen (secondary N) is 2. The van der Waals surface area contributed by atoms with Crippen LogP contribution in [0.15, 0.2) is 42.5 Å². The molecule has 0 radical (unpaired) electrons. The fourth-order valence-corrected chi connectivity index (χ4v) is 3.48. The van der Waals surface area contributed by atoms with Crippen LogP contribution in [-0.2, 0) is 10.2 Å². The molecule has 1 aliphatic carbocycles. The van der Waals surface area contributed by atoms with Crippen LogP contribution in [0.3, 0.4) is 0 Å². The van der Waals surface area contributed by atoms with Gasteiger partial charge in [0.2, 0.25) is 5.91 Å². The summed E-state index contributed by atoms with van der Waals surface area (Å²) in [6.07, 6.45) is 3.61. The second kappa shape index (κ2) is 8.09. The third-order valence-corrected chi connectivity index (χ3v) is 5.34. The molecule has 0 spiro atoms. The van der Waals surface area contributed by atoms with Gasteiger partial charge in [-0.05, 0) is 55.2 Å². The summed E-state index contributed by atoms with van der Waals surface area (Å²) in [6.45, 7) is 2.70. The molecular formula is C21H22ClFN2O2. The largest absolute Gasteiger partial charge is 0.355 e. The molecule has 1 aliphatic rings. The lowest BCUT2D eigenvalue weighted by molar-refractivity contribution is -0.129. The SMILES string of the molecule is CCCNC(=O)C1(c2ccc(NC(=O)c3ccc(F)c(Cl)c3)cc2)CCC1. The summed E-state index contributed by atoms with van der Waals surface area (Å²) < 4.78 is 13.2. The van der Waals surface area contributed by atoms with Crippen LogP contribution in [0.4, 0.5) is 10.1 Å². The van der Waals surface area contributed by atoms with Gasteiger partial charge in [0.15, 0.2) is 0 Å². The Morgan fingerprint density at radius 2 is 1.85 bits per heavy atom. The van der Waals surface area contributed by atoms with Crippen molar-refractivity contribution >= 4 is 29.1 Å². The van der Waals surface area contributed by atoms with Gasteiger partial charge in [-0.3, -0.25) is 9.59 Å². The van der Waals surface area contributed by atoms with Gasteiger partial charge in [0.05, 0.1) is 10.4 Å². The maximum absolute atomic E-state index is 13.2. The van der Waals surface area contributed by atoms with Crippen molar-refractivity contribution in [3.63, 3.8) is 0 Å². The van der Waals surface area contributed by atoms with Gasteiger partial charge < -0.3 is 10.6 Å². The average Bonchev–Trinajstić information content (AvgIpc) is 2.62. The second-order valence-electron chi connectivity index (χ2n) is 6.85. The number of anilines is 1. The Balaban J connectivity index is 1.72. The van der Waals surface area contributed by atoms with Crippen molar-refractivity contribution in [2.75, 3.05) is 11.9 Å². The highest BCUT2D eigenvalue weighted by Crippen LogP contribution is 2.44. The number of carbonyl (C=O) groups excluding carboxylic acids is 2. The Hall–Kier alpha value is -2.40. The van der Waals surface area contributed by atoms with E-state index in [1.165, 1.54) is 12.1 Å². The number of amides is 2.